The van der Waals surface area contributed by atoms with Crippen molar-refractivity contribution >= 4 is 34.8 Å². The summed E-state index contributed by atoms with van der Waals surface area (Å²) >= 11 is 17.6. The average Bonchev–Trinajstić information content (AvgIpc) is 2.83. The van der Waals surface area contributed by atoms with Crippen molar-refractivity contribution in [2.24, 2.45) is 0 Å². The van der Waals surface area contributed by atoms with Crippen LogP contribution < -0.4 is 0 Å². The van der Waals surface area contributed by atoms with Crippen molar-refractivity contribution in [1.82, 2.24) is 15.0 Å². The van der Waals surface area contributed by atoms with E-state index in [0.717, 1.165) is 12.1 Å². The molecular weight excluding hydrogens is 383 g/mol. The largest absolute Gasteiger partial charge is 0.379 e. The van der Waals surface area contributed by atoms with E-state index in [4.69, 9.17) is 34.8 Å². The number of halogens is 5. The van der Waals surface area contributed by atoms with Crippen molar-refractivity contribution in [3.8, 4) is 0 Å². The van der Waals surface area contributed by atoms with E-state index in [1.54, 1.807) is 6.92 Å². The molecule has 1 unspecified atom stereocenters. The van der Waals surface area contributed by atoms with Crippen molar-refractivity contribution in [1.29, 1.82) is 0 Å². The molecule has 2 aromatic rings. The van der Waals surface area contributed by atoms with Gasteiger partial charge in [0.1, 0.15) is 17.3 Å². The second-order valence-corrected chi connectivity index (χ2v) is 7.51. The summed E-state index contributed by atoms with van der Waals surface area (Å²) in [6.45, 7) is 4.86. The predicted molar refractivity (Wildman–Crippen MR) is 89.2 cm³/mol. The molecule has 0 amide bonds. The SMILES string of the molecule is C=CCC(O)(c1nnn(Cc2c(F)cccc2F)c1C)C(Cl)(Cl)Cl. The molecule has 1 heterocycles. The van der Waals surface area contributed by atoms with E-state index < -0.39 is 21.0 Å². The summed E-state index contributed by atoms with van der Waals surface area (Å²) in [4.78, 5) is 0. The molecule has 1 N–H and O–H groups in total. The number of nitrogens with zero attached hydrogens (tertiary/aromatic N) is 3. The summed E-state index contributed by atoms with van der Waals surface area (Å²) < 4.78 is 26.7. The summed E-state index contributed by atoms with van der Waals surface area (Å²) in [5.74, 6) is -1.43. The Bertz CT molecular complexity index is 741. The fraction of sp³-hybridized carbons (Fsp3) is 0.333. The van der Waals surface area contributed by atoms with Crippen LogP contribution in [0.3, 0.4) is 0 Å². The van der Waals surface area contributed by atoms with Crippen LogP contribution in [0.4, 0.5) is 8.78 Å². The minimum Gasteiger partial charge on any atom is -0.379 e. The van der Waals surface area contributed by atoms with E-state index in [9.17, 15) is 13.9 Å². The fourth-order valence-corrected chi connectivity index (χ4v) is 2.78. The van der Waals surface area contributed by atoms with Crippen LogP contribution in [0.5, 0.6) is 0 Å². The maximum atomic E-state index is 13.8. The maximum absolute atomic E-state index is 13.8. The maximum Gasteiger partial charge on any atom is 0.224 e. The highest BCUT2D eigenvalue weighted by Crippen LogP contribution is 2.47. The summed E-state index contributed by atoms with van der Waals surface area (Å²) in [5, 5.41) is 18.4. The molecule has 0 saturated carbocycles. The Morgan fingerprint density at radius 1 is 1.29 bits per heavy atom. The average molecular weight is 397 g/mol. The van der Waals surface area contributed by atoms with Gasteiger partial charge in [-0.15, -0.1) is 11.7 Å². The van der Waals surface area contributed by atoms with Crippen molar-refractivity contribution in [2.45, 2.75) is 29.3 Å². The molecule has 4 nitrogen and oxygen atoms in total. The number of aliphatic hydroxyl groups is 1. The van der Waals surface area contributed by atoms with Crippen molar-refractivity contribution in [3.63, 3.8) is 0 Å². The standard InChI is InChI=1S/C15H14Cl3F2N3O/c1-3-7-14(24,15(16,17)18)13-9(2)23(22-21-13)8-10-11(19)5-4-6-12(10)20/h3-6,24H,1,7-8H2,2H3. The zero-order valence-electron chi connectivity index (χ0n) is 12.6. The van der Waals surface area contributed by atoms with Crippen molar-refractivity contribution in [3.05, 3.63) is 59.4 Å². The summed E-state index contributed by atoms with van der Waals surface area (Å²) in [5.41, 5.74) is -1.85. The van der Waals surface area contributed by atoms with Crippen molar-refractivity contribution < 1.29 is 13.9 Å². The minimum absolute atomic E-state index is 0.000789. The summed E-state index contributed by atoms with van der Waals surface area (Å²) in [6, 6.07) is 3.54. The van der Waals surface area contributed by atoms with Gasteiger partial charge in [-0.05, 0) is 19.1 Å². The normalized spacial score (nSPS) is 14.5. The Kier molecular flexibility index (Phi) is 5.54. The van der Waals surface area contributed by atoms with Crippen LogP contribution in [0.15, 0.2) is 30.9 Å². The van der Waals surface area contributed by atoms with E-state index in [0.29, 0.717) is 5.69 Å². The second kappa shape index (κ2) is 6.96. The van der Waals surface area contributed by atoms with Gasteiger partial charge < -0.3 is 5.11 Å². The lowest BCUT2D eigenvalue weighted by Crippen LogP contribution is -2.40. The molecule has 0 saturated heterocycles. The van der Waals surface area contributed by atoms with Crippen LogP contribution >= 0.6 is 34.8 Å². The highest BCUT2D eigenvalue weighted by atomic mass is 35.6. The van der Waals surface area contributed by atoms with Gasteiger partial charge in [-0.2, -0.15) is 0 Å². The van der Waals surface area contributed by atoms with E-state index >= 15 is 0 Å². The number of rotatable bonds is 5. The molecule has 1 aromatic carbocycles. The Morgan fingerprint density at radius 3 is 2.38 bits per heavy atom. The highest BCUT2D eigenvalue weighted by molar-refractivity contribution is 6.68. The van der Waals surface area contributed by atoms with Crippen LogP contribution in [0.2, 0.25) is 0 Å². The first-order valence-corrected chi connectivity index (χ1v) is 7.98. The molecule has 0 radical (unpaired) electrons. The summed E-state index contributed by atoms with van der Waals surface area (Å²) in [6.07, 6.45) is 1.27. The predicted octanol–water partition coefficient (Wildman–Crippen LogP) is 4.05. The van der Waals surface area contributed by atoms with Gasteiger partial charge in [0.05, 0.1) is 12.2 Å². The lowest BCUT2D eigenvalue weighted by atomic mass is 9.95. The molecule has 9 heteroatoms. The molecule has 1 atom stereocenters. The van der Waals surface area contributed by atoms with Crippen molar-refractivity contribution in [2.75, 3.05) is 0 Å². The van der Waals surface area contributed by atoms with Crippen LogP contribution in [0.1, 0.15) is 23.4 Å². The van der Waals surface area contributed by atoms with Crippen LogP contribution in [0.25, 0.3) is 0 Å². The van der Waals surface area contributed by atoms with E-state index in [1.807, 2.05) is 0 Å². The lowest BCUT2D eigenvalue weighted by Gasteiger charge is -2.32. The Labute approximate surface area is 152 Å². The third-order valence-corrected chi connectivity index (χ3v) is 4.59. The van der Waals surface area contributed by atoms with Gasteiger partial charge in [-0.25, -0.2) is 13.5 Å². The molecule has 0 aliphatic heterocycles. The first kappa shape index (κ1) is 19.1. The third kappa shape index (κ3) is 3.42. The second-order valence-electron chi connectivity index (χ2n) is 5.23. The van der Waals surface area contributed by atoms with Gasteiger partial charge in [-0.1, -0.05) is 52.2 Å². The van der Waals surface area contributed by atoms with Gasteiger partial charge >= 0.3 is 0 Å². The molecule has 1 aromatic heterocycles. The molecule has 2 rings (SSSR count). The Hall–Kier alpha value is -1.21. The minimum atomic E-state index is -2.10. The molecule has 24 heavy (non-hydrogen) atoms. The zero-order valence-corrected chi connectivity index (χ0v) is 14.9. The van der Waals surface area contributed by atoms with E-state index in [1.165, 1.54) is 16.8 Å². The topological polar surface area (TPSA) is 50.9 Å². The quantitative estimate of drug-likeness (QED) is 0.613. The molecular formula is C15H14Cl3F2N3O. The number of hydrogen-bond donors (Lipinski definition) is 1. The van der Waals surface area contributed by atoms with Gasteiger partial charge in [0.25, 0.3) is 0 Å². The van der Waals surface area contributed by atoms with Crippen LogP contribution in [-0.4, -0.2) is 23.9 Å². The first-order chi connectivity index (χ1) is 11.1. The highest BCUT2D eigenvalue weighted by Gasteiger charge is 2.50. The molecule has 0 bridgehead atoms. The first-order valence-electron chi connectivity index (χ1n) is 6.85. The number of alkyl halides is 3. The van der Waals surface area contributed by atoms with Crippen LogP contribution in [0, 0.1) is 18.6 Å². The van der Waals surface area contributed by atoms with Gasteiger partial charge in [0.15, 0.2) is 5.60 Å². The molecule has 0 aliphatic rings. The van der Waals surface area contributed by atoms with Gasteiger partial charge in [0.2, 0.25) is 3.79 Å². The zero-order chi connectivity index (χ0) is 18.1. The van der Waals surface area contributed by atoms with E-state index in [-0.39, 0.29) is 24.2 Å². The smallest absolute Gasteiger partial charge is 0.224 e. The molecule has 130 valence electrons. The molecule has 0 fully saturated rings. The van der Waals surface area contributed by atoms with Crippen LogP contribution in [-0.2, 0) is 12.1 Å². The Balaban J connectivity index is 2.46. The molecule has 0 spiro atoms. The number of hydrogen-bond acceptors (Lipinski definition) is 3. The number of benzene rings is 1. The Morgan fingerprint density at radius 2 is 1.88 bits per heavy atom. The molecule has 0 aliphatic carbocycles. The summed E-state index contributed by atoms with van der Waals surface area (Å²) in [7, 11) is 0. The number of aromatic nitrogens is 3. The third-order valence-electron chi connectivity index (χ3n) is 3.65. The van der Waals surface area contributed by atoms with Gasteiger partial charge in [0, 0.05) is 12.0 Å². The monoisotopic (exact) mass is 395 g/mol. The fourth-order valence-electron chi connectivity index (χ4n) is 2.28. The van der Waals surface area contributed by atoms with E-state index in [2.05, 4.69) is 16.9 Å². The van der Waals surface area contributed by atoms with Gasteiger partial charge in [-0.3, -0.25) is 0 Å². The lowest BCUT2D eigenvalue weighted by molar-refractivity contribution is 0.0384.